The summed E-state index contributed by atoms with van der Waals surface area (Å²) < 4.78 is 31.2. The highest BCUT2D eigenvalue weighted by atomic mass is 16.7. The highest BCUT2D eigenvalue weighted by Crippen LogP contribution is 2.31. The first-order chi connectivity index (χ1) is 20.4. The van der Waals surface area contributed by atoms with Crippen LogP contribution < -0.4 is 11.2 Å². The average Bonchev–Trinajstić information content (AvgIpc) is 3.49. The number of aryl methyl sites for hydroxylation is 2. The van der Waals surface area contributed by atoms with Gasteiger partial charge in [-0.2, -0.15) is 0 Å². The molecule has 2 aliphatic rings. The zero-order valence-electron chi connectivity index (χ0n) is 24.4. The van der Waals surface area contributed by atoms with Crippen LogP contribution >= 0.6 is 0 Å². The van der Waals surface area contributed by atoms with Gasteiger partial charge in [0.1, 0.15) is 12.7 Å². The molecule has 0 spiro atoms. The van der Waals surface area contributed by atoms with Gasteiger partial charge < -0.3 is 33.2 Å². The minimum absolute atomic E-state index is 0.0119. The summed E-state index contributed by atoms with van der Waals surface area (Å²) in [6, 6.07) is 0. The molecule has 16 heteroatoms. The van der Waals surface area contributed by atoms with E-state index in [2.05, 4.69) is 4.98 Å². The van der Waals surface area contributed by atoms with Crippen LogP contribution in [0.4, 0.5) is 0 Å². The second-order valence-corrected chi connectivity index (χ2v) is 10.0. The number of esters is 4. The average molecular weight is 604 g/mol. The molecule has 0 bridgehead atoms. The number of carbonyl (C=O) groups is 4. The van der Waals surface area contributed by atoms with Crippen LogP contribution in [0.25, 0.3) is 11.2 Å². The molecular weight excluding hydrogens is 570 g/mol. The van der Waals surface area contributed by atoms with Gasteiger partial charge in [-0.15, -0.1) is 0 Å². The Morgan fingerprint density at radius 3 is 2.37 bits per heavy atom. The van der Waals surface area contributed by atoms with E-state index in [9.17, 15) is 28.8 Å². The van der Waals surface area contributed by atoms with E-state index < -0.39 is 59.7 Å². The van der Waals surface area contributed by atoms with Crippen LogP contribution in [-0.2, 0) is 63.5 Å². The van der Waals surface area contributed by atoms with Crippen LogP contribution in [-0.4, -0.2) is 91.8 Å². The Hall–Kier alpha value is -4.73. The van der Waals surface area contributed by atoms with Crippen molar-refractivity contribution in [3.05, 3.63) is 51.1 Å². The van der Waals surface area contributed by atoms with Crippen molar-refractivity contribution >= 4 is 35.0 Å². The maximum atomic E-state index is 12.9. The number of nitrogens with zero attached hydrogens (tertiary/aromatic N) is 5. The van der Waals surface area contributed by atoms with Crippen LogP contribution in [0.2, 0.25) is 0 Å². The molecule has 2 aliphatic heterocycles. The molecule has 0 amide bonds. The number of imidazole rings is 1. The fourth-order valence-corrected chi connectivity index (χ4v) is 4.91. The van der Waals surface area contributed by atoms with Crippen molar-refractivity contribution in [3.8, 4) is 0 Å². The predicted molar refractivity (Wildman–Crippen MR) is 146 cm³/mol. The van der Waals surface area contributed by atoms with Crippen molar-refractivity contribution in [3.63, 3.8) is 0 Å². The molecule has 4 atom stereocenters. The quantitative estimate of drug-likeness (QED) is 0.189. The van der Waals surface area contributed by atoms with E-state index in [1.165, 1.54) is 43.3 Å². The molecule has 0 aliphatic carbocycles. The molecular formula is C27H33N5O11. The van der Waals surface area contributed by atoms with Crippen LogP contribution in [0.3, 0.4) is 0 Å². The van der Waals surface area contributed by atoms with Crippen molar-refractivity contribution < 1.29 is 42.9 Å². The molecule has 0 unspecified atom stereocenters. The summed E-state index contributed by atoms with van der Waals surface area (Å²) in [5, 5.41) is 0. The van der Waals surface area contributed by atoms with E-state index in [0.717, 1.165) is 4.57 Å². The number of hydrogen-bond acceptors (Lipinski definition) is 13. The van der Waals surface area contributed by atoms with Gasteiger partial charge in [-0.25, -0.2) is 14.6 Å². The van der Waals surface area contributed by atoms with Crippen molar-refractivity contribution in [2.45, 2.75) is 58.3 Å². The molecule has 0 N–H and O–H groups in total. The van der Waals surface area contributed by atoms with Crippen LogP contribution in [0.1, 0.15) is 27.2 Å². The summed E-state index contributed by atoms with van der Waals surface area (Å²) in [5.41, 5.74) is -0.217. The lowest BCUT2D eigenvalue weighted by molar-refractivity contribution is -0.167. The molecule has 0 aromatic carbocycles. The summed E-state index contributed by atoms with van der Waals surface area (Å²) in [6.45, 7) is 3.26. The van der Waals surface area contributed by atoms with Crippen molar-refractivity contribution in [2.75, 3.05) is 19.8 Å². The first-order valence-corrected chi connectivity index (χ1v) is 13.4. The van der Waals surface area contributed by atoms with E-state index >= 15 is 0 Å². The Balaban J connectivity index is 1.40. The molecule has 43 heavy (non-hydrogen) atoms. The molecule has 0 radical (unpaired) electrons. The van der Waals surface area contributed by atoms with Gasteiger partial charge in [0.2, 0.25) is 0 Å². The maximum absolute atomic E-state index is 12.9. The molecule has 232 valence electrons. The normalized spacial score (nSPS) is 21.4. The van der Waals surface area contributed by atoms with E-state index in [0.29, 0.717) is 0 Å². The Morgan fingerprint density at radius 1 is 1.00 bits per heavy atom. The molecule has 1 fully saturated rings. The monoisotopic (exact) mass is 603 g/mol. The van der Waals surface area contributed by atoms with Crippen molar-refractivity contribution in [1.29, 1.82) is 0 Å². The lowest BCUT2D eigenvalue weighted by Gasteiger charge is -2.32. The van der Waals surface area contributed by atoms with E-state index in [1.807, 2.05) is 0 Å². The molecule has 4 rings (SSSR count). The molecule has 0 saturated carbocycles. The summed E-state index contributed by atoms with van der Waals surface area (Å²) in [6.07, 6.45) is 2.25. The highest BCUT2D eigenvalue weighted by molar-refractivity contribution is 5.89. The largest absolute Gasteiger partial charge is 0.463 e. The Labute approximate surface area is 245 Å². The third-order valence-corrected chi connectivity index (χ3v) is 6.82. The molecule has 1 saturated heterocycles. The second kappa shape index (κ2) is 13.1. The first-order valence-electron chi connectivity index (χ1n) is 13.4. The van der Waals surface area contributed by atoms with Crippen LogP contribution in [0.5, 0.6) is 0 Å². The summed E-state index contributed by atoms with van der Waals surface area (Å²) in [5.74, 6) is -2.53. The SMILES string of the molecule is CC(=O)OC[C@H]1O[C@@H](N2C=CC=C(C(=O)OCCCn3c(=O)c4c(ncn4C)n(C)c3=O)C2)[C@H](OC(C)=O)[C@@H]1OC(C)=O. The van der Waals surface area contributed by atoms with E-state index in [-0.39, 0.29) is 49.5 Å². The lowest BCUT2D eigenvalue weighted by Crippen LogP contribution is -2.47. The van der Waals surface area contributed by atoms with Crippen molar-refractivity contribution in [2.24, 2.45) is 14.1 Å². The van der Waals surface area contributed by atoms with Crippen LogP contribution in [0.15, 0.2) is 39.8 Å². The molecule has 4 heterocycles. The van der Waals surface area contributed by atoms with Gasteiger partial charge in [-0.05, 0) is 18.6 Å². The number of fused-ring (bicyclic) bond motifs is 1. The number of aromatic nitrogens is 4. The third kappa shape index (κ3) is 6.85. The Bertz CT molecular complexity index is 1600. The lowest BCUT2D eigenvalue weighted by atomic mass is 10.1. The van der Waals surface area contributed by atoms with Gasteiger partial charge in [-0.1, -0.05) is 0 Å². The van der Waals surface area contributed by atoms with Crippen LogP contribution in [0, 0.1) is 0 Å². The Kier molecular flexibility index (Phi) is 9.48. The summed E-state index contributed by atoms with van der Waals surface area (Å²) >= 11 is 0. The zero-order chi connectivity index (χ0) is 31.4. The van der Waals surface area contributed by atoms with Gasteiger partial charge >= 0.3 is 29.6 Å². The Morgan fingerprint density at radius 2 is 1.70 bits per heavy atom. The number of carbonyl (C=O) groups excluding carboxylic acids is 4. The third-order valence-electron chi connectivity index (χ3n) is 6.82. The van der Waals surface area contributed by atoms with Crippen molar-refractivity contribution in [1.82, 2.24) is 23.6 Å². The second-order valence-electron chi connectivity index (χ2n) is 10.0. The number of ether oxygens (including phenoxy) is 5. The fourth-order valence-electron chi connectivity index (χ4n) is 4.91. The minimum Gasteiger partial charge on any atom is -0.463 e. The number of allylic oxidation sites excluding steroid dienone is 2. The summed E-state index contributed by atoms with van der Waals surface area (Å²) in [7, 11) is 3.18. The fraction of sp³-hybridized carbons (Fsp3) is 0.519. The maximum Gasteiger partial charge on any atom is 0.335 e. The highest BCUT2D eigenvalue weighted by Gasteiger charge is 2.51. The molecule has 2 aromatic rings. The molecule has 2 aromatic heterocycles. The van der Waals surface area contributed by atoms with E-state index in [1.54, 1.807) is 30.3 Å². The smallest absolute Gasteiger partial charge is 0.335 e. The molecule has 16 nitrogen and oxygen atoms in total. The topological polar surface area (TPSA) is 179 Å². The van der Waals surface area contributed by atoms with E-state index in [4.69, 9.17) is 23.7 Å². The number of hydrogen-bond donors (Lipinski definition) is 0. The van der Waals surface area contributed by atoms with Gasteiger partial charge in [0.15, 0.2) is 29.6 Å². The predicted octanol–water partition coefficient (Wildman–Crippen LogP) is -0.726. The van der Waals surface area contributed by atoms with Gasteiger partial charge in [-0.3, -0.25) is 28.3 Å². The van der Waals surface area contributed by atoms with Gasteiger partial charge in [0, 0.05) is 47.6 Å². The van der Waals surface area contributed by atoms with Gasteiger partial charge in [0.25, 0.3) is 5.56 Å². The zero-order valence-corrected chi connectivity index (χ0v) is 24.4. The number of rotatable bonds is 10. The standard InChI is InChI=1S/C27H33N5O11/c1-15(33)40-13-19-21(41-16(2)34)22(42-17(3)35)25(43-19)31-9-6-8-18(12-31)26(37)39-11-7-10-32-24(36)20-23(28-14-29(20)4)30(5)27(32)38/h6,8-9,14,19,21-22,25H,7,10-13H2,1-5H3/t19-,21-,22-,25-/m1/s1. The summed E-state index contributed by atoms with van der Waals surface area (Å²) in [4.78, 5) is 79.2. The minimum atomic E-state index is -1.10. The van der Waals surface area contributed by atoms with Gasteiger partial charge in [0.05, 0.1) is 25.1 Å². The first kappa shape index (κ1) is 31.2.